The SMILES string of the molecule is C=C(C)C1(NC(=O)COc2ccccc2)C(=O)N(CC(=O)OC)C1SSC(C)=Nc1ccccc1. The van der Waals surface area contributed by atoms with Crippen molar-refractivity contribution < 1.29 is 23.9 Å². The van der Waals surface area contributed by atoms with Crippen molar-refractivity contribution >= 4 is 50.1 Å². The topological polar surface area (TPSA) is 97.3 Å². The third-order valence-electron chi connectivity index (χ3n) is 5.20. The molecule has 0 radical (unpaired) electrons. The van der Waals surface area contributed by atoms with E-state index in [1.807, 2.05) is 43.3 Å². The van der Waals surface area contributed by atoms with Crippen LogP contribution in [0.2, 0.25) is 0 Å². The number of aliphatic imine (C=N–C) groups is 1. The highest BCUT2D eigenvalue weighted by molar-refractivity contribution is 8.82. The number of hydrogen-bond acceptors (Lipinski definition) is 8. The molecule has 1 aliphatic rings. The molecule has 2 unspecified atom stereocenters. The molecule has 1 fully saturated rings. The lowest BCUT2D eigenvalue weighted by atomic mass is 9.81. The largest absolute Gasteiger partial charge is 0.484 e. The van der Waals surface area contributed by atoms with Gasteiger partial charge in [-0.15, -0.1) is 0 Å². The van der Waals surface area contributed by atoms with E-state index < -0.39 is 28.7 Å². The zero-order valence-electron chi connectivity index (χ0n) is 19.7. The summed E-state index contributed by atoms with van der Waals surface area (Å²) in [6.45, 7) is 6.99. The van der Waals surface area contributed by atoms with Crippen molar-refractivity contribution in [3.8, 4) is 5.75 Å². The molecule has 1 saturated heterocycles. The summed E-state index contributed by atoms with van der Waals surface area (Å²) in [5, 5.41) is 2.94. The highest BCUT2D eigenvalue weighted by Crippen LogP contribution is 2.47. The third kappa shape index (κ3) is 6.26. The normalized spacial score (nSPS) is 19.5. The Morgan fingerprint density at radius 3 is 2.34 bits per heavy atom. The van der Waals surface area contributed by atoms with E-state index in [0.717, 1.165) is 10.7 Å². The molecule has 2 aromatic rings. The van der Waals surface area contributed by atoms with Crippen LogP contribution in [0, 0.1) is 0 Å². The fourth-order valence-electron chi connectivity index (χ4n) is 3.44. The Hall–Kier alpha value is -3.24. The minimum atomic E-state index is -1.39. The molecule has 2 aromatic carbocycles. The first-order chi connectivity index (χ1) is 16.8. The van der Waals surface area contributed by atoms with Gasteiger partial charge >= 0.3 is 5.97 Å². The molecule has 1 aliphatic heterocycles. The molecule has 35 heavy (non-hydrogen) atoms. The van der Waals surface area contributed by atoms with E-state index in [0.29, 0.717) is 11.3 Å². The first-order valence-electron chi connectivity index (χ1n) is 10.7. The number of methoxy groups -OCH3 is 1. The van der Waals surface area contributed by atoms with Crippen molar-refractivity contribution in [3.05, 3.63) is 72.8 Å². The minimum Gasteiger partial charge on any atom is -0.484 e. The van der Waals surface area contributed by atoms with Gasteiger partial charge in [0.15, 0.2) is 12.1 Å². The van der Waals surface area contributed by atoms with Crippen molar-refractivity contribution in [2.24, 2.45) is 4.99 Å². The highest BCUT2D eigenvalue weighted by Gasteiger charge is 2.63. The lowest BCUT2D eigenvalue weighted by Gasteiger charge is -2.55. The Balaban J connectivity index is 1.77. The van der Waals surface area contributed by atoms with Gasteiger partial charge in [-0.2, -0.15) is 0 Å². The first kappa shape index (κ1) is 26.4. The van der Waals surface area contributed by atoms with E-state index >= 15 is 0 Å². The van der Waals surface area contributed by atoms with Crippen LogP contribution in [0.15, 0.2) is 77.8 Å². The molecule has 0 saturated carbocycles. The smallest absolute Gasteiger partial charge is 0.325 e. The van der Waals surface area contributed by atoms with Crippen molar-refractivity contribution in [1.82, 2.24) is 10.2 Å². The monoisotopic (exact) mass is 513 g/mol. The van der Waals surface area contributed by atoms with Gasteiger partial charge in [-0.3, -0.25) is 14.4 Å². The van der Waals surface area contributed by atoms with Crippen molar-refractivity contribution in [1.29, 1.82) is 0 Å². The number of para-hydroxylation sites is 2. The van der Waals surface area contributed by atoms with Crippen LogP contribution in [0.3, 0.4) is 0 Å². The van der Waals surface area contributed by atoms with E-state index in [1.165, 1.54) is 33.6 Å². The Bertz CT molecular complexity index is 1110. The van der Waals surface area contributed by atoms with Crippen LogP contribution in [0.4, 0.5) is 5.69 Å². The Morgan fingerprint density at radius 2 is 1.74 bits per heavy atom. The Morgan fingerprint density at radius 1 is 1.11 bits per heavy atom. The molecule has 0 aliphatic carbocycles. The Labute approximate surface area is 212 Å². The van der Waals surface area contributed by atoms with Crippen molar-refractivity contribution in [2.75, 3.05) is 20.3 Å². The number of carbonyl (C=O) groups excluding carboxylic acids is 3. The van der Waals surface area contributed by atoms with E-state index in [2.05, 4.69) is 16.9 Å². The number of likely N-dealkylation sites (tertiary alicyclic amines) is 1. The van der Waals surface area contributed by atoms with E-state index in [1.54, 1.807) is 31.2 Å². The van der Waals surface area contributed by atoms with Crippen LogP contribution < -0.4 is 10.1 Å². The number of benzene rings is 2. The first-order valence-corrected chi connectivity index (χ1v) is 13.0. The number of β-lactam (4-membered cyclic amide) rings is 1. The van der Waals surface area contributed by atoms with E-state index in [4.69, 9.17) is 9.47 Å². The van der Waals surface area contributed by atoms with Crippen LogP contribution in [0.5, 0.6) is 5.75 Å². The quantitative estimate of drug-likeness (QED) is 0.128. The van der Waals surface area contributed by atoms with Gasteiger partial charge in [-0.1, -0.05) is 53.8 Å². The van der Waals surface area contributed by atoms with Gasteiger partial charge in [0.25, 0.3) is 11.8 Å². The fraction of sp³-hybridized carbons (Fsp3) is 0.280. The maximum Gasteiger partial charge on any atom is 0.325 e. The van der Waals surface area contributed by atoms with Gasteiger partial charge in [0, 0.05) is 0 Å². The van der Waals surface area contributed by atoms with Gasteiger partial charge in [-0.25, -0.2) is 4.99 Å². The number of hydrogen-bond donors (Lipinski definition) is 1. The minimum absolute atomic E-state index is 0.242. The predicted octanol–water partition coefficient (Wildman–Crippen LogP) is 3.97. The van der Waals surface area contributed by atoms with Gasteiger partial charge in [0.2, 0.25) is 0 Å². The van der Waals surface area contributed by atoms with Crippen LogP contribution in [-0.2, 0) is 19.1 Å². The number of ether oxygens (including phenoxy) is 2. The second-order valence-corrected chi connectivity index (χ2v) is 10.2. The Kier molecular flexibility index (Phi) is 9.00. The van der Waals surface area contributed by atoms with Gasteiger partial charge in [0.1, 0.15) is 17.7 Å². The lowest BCUT2D eigenvalue weighted by Crippen LogP contribution is -2.80. The number of esters is 1. The molecule has 3 rings (SSSR count). The van der Waals surface area contributed by atoms with Crippen LogP contribution in [0.25, 0.3) is 0 Å². The van der Waals surface area contributed by atoms with Gasteiger partial charge in [0.05, 0.1) is 17.8 Å². The van der Waals surface area contributed by atoms with Crippen molar-refractivity contribution in [2.45, 2.75) is 24.8 Å². The van der Waals surface area contributed by atoms with Crippen molar-refractivity contribution in [3.63, 3.8) is 0 Å². The molecule has 184 valence electrons. The summed E-state index contributed by atoms with van der Waals surface area (Å²) in [6.07, 6.45) is 0. The highest BCUT2D eigenvalue weighted by atomic mass is 33.1. The second-order valence-electron chi connectivity index (χ2n) is 7.75. The summed E-state index contributed by atoms with van der Waals surface area (Å²) in [6, 6.07) is 18.4. The molecular weight excluding hydrogens is 486 g/mol. The number of rotatable bonds is 10. The number of amides is 2. The summed E-state index contributed by atoms with van der Waals surface area (Å²) < 4.78 is 10.3. The summed E-state index contributed by atoms with van der Waals surface area (Å²) in [5.41, 5.74) is -0.144. The van der Waals surface area contributed by atoms with Crippen LogP contribution >= 0.6 is 21.6 Å². The average Bonchev–Trinajstić information content (AvgIpc) is 2.86. The molecule has 0 aromatic heterocycles. The molecule has 8 nitrogen and oxygen atoms in total. The van der Waals surface area contributed by atoms with E-state index in [-0.39, 0.29) is 13.2 Å². The number of nitrogens with one attached hydrogen (secondary N) is 1. The average molecular weight is 514 g/mol. The maximum atomic E-state index is 13.3. The molecule has 1 N–H and O–H groups in total. The number of carbonyl (C=O) groups is 3. The summed E-state index contributed by atoms with van der Waals surface area (Å²) in [7, 11) is 3.92. The van der Waals surface area contributed by atoms with Crippen LogP contribution in [0.1, 0.15) is 13.8 Å². The molecule has 2 amide bonds. The second kappa shape index (κ2) is 11.9. The van der Waals surface area contributed by atoms with Gasteiger partial charge < -0.3 is 19.7 Å². The fourth-order valence-corrected chi connectivity index (χ4v) is 6.14. The molecule has 0 spiro atoms. The standard InChI is InChI=1S/C25H27N3O5S2/c1-17(2)25(27-21(29)16-33-20-13-9-6-10-14-20)23(31)28(15-22(30)32-4)24(25)35-34-18(3)26-19-11-7-5-8-12-19/h5-14,24H,1,15-16H2,2-4H3,(H,27,29). The number of nitrogens with zero attached hydrogens (tertiary/aromatic N) is 2. The maximum absolute atomic E-state index is 13.3. The summed E-state index contributed by atoms with van der Waals surface area (Å²) in [5.74, 6) is -0.932. The van der Waals surface area contributed by atoms with E-state index in [9.17, 15) is 14.4 Å². The summed E-state index contributed by atoms with van der Waals surface area (Å²) >= 11 is 0. The van der Waals surface area contributed by atoms with Gasteiger partial charge in [-0.05, 0) is 54.5 Å². The van der Waals surface area contributed by atoms with Crippen LogP contribution in [-0.4, -0.2) is 58.9 Å². The predicted molar refractivity (Wildman–Crippen MR) is 140 cm³/mol. The summed E-state index contributed by atoms with van der Waals surface area (Å²) in [4.78, 5) is 44.0. The lowest BCUT2D eigenvalue weighted by molar-refractivity contribution is -0.162. The third-order valence-corrected chi connectivity index (χ3v) is 7.98. The molecular formula is C25H27N3O5S2. The zero-order chi connectivity index (χ0) is 25.4. The molecule has 2 atom stereocenters. The molecule has 0 bridgehead atoms. The molecule has 10 heteroatoms. The zero-order valence-corrected chi connectivity index (χ0v) is 21.4. The molecule has 1 heterocycles.